The summed E-state index contributed by atoms with van der Waals surface area (Å²) in [4.78, 5) is 11.8. The van der Waals surface area contributed by atoms with E-state index in [2.05, 4.69) is 10.6 Å². The summed E-state index contributed by atoms with van der Waals surface area (Å²) >= 11 is 11.8. The molecule has 110 valence electrons. The third-order valence-corrected chi connectivity index (χ3v) is 4.36. The van der Waals surface area contributed by atoms with Crippen LogP contribution >= 0.6 is 23.2 Å². The van der Waals surface area contributed by atoms with Gasteiger partial charge in [-0.15, -0.1) is 0 Å². The van der Waals surface area contributed by atoms with Gasteiger partial charge in [-0.25, -0.2) is 0 Å². The predicted octanol–water partition coefficient (Wildman–Crippen LogP) is 3.04. The first-order valence-corrected chi connectivity index (χ1v) is 7.82. The number of amides is 1. The van der Waals surface area contributed by atoms with E-state index in [1.54, 1.807) is 12.1 Å². The number of halogens is 2. The molecule has 1 heterocycles. The maximum atomic E-state index is 11.8. The van der Waals surface area contributed by atoms with Crippen LogP contribution in [0.4, 0.5) is 0 Å². The molecule has 2 rings (SSSR count). The molecule has 0 spiro atoms. The third-order valence-electron chi connectivity index (χ3n) is 3.62. The Morgan fingerprint density at radius 2 is 2.20 bits per heavy atom. The lowest BCUT2D eigenvalue weighted by molar-refractivity contribution is -0.120. The summed E-state index contributed by atoms with van der Waals surface area (Å²) in [7, 11) is 0. The topological polar surface area (TPSA) is 41.1 Å². The average Bonchev–Trinajstić information content (AvgIpc) is 2.44. The van der Waals surface area contributed by atoms with Crippen LogP contribution in [0.2, 0.25) is 10.0 Å². The molecule has 0 saturated carbocycles. The summed E-state index contributed by atoms with van der Waals surface area (Å²) in [6.45, 7) is 2.94. The van der Waals surface area contributed by atoms with Crippen molar-refractivity contribution in [1.29, 1.82) is 0 Å². The molecule has 0 aliphatic carbocycles. The molecule has 3 nitrogen and oxygen atoms in total. The van der Waals surface area contributed by atoms with Gasteiger partial charge in [-0.2, -0.15) is 0 Å². The van der Waals surface area contributed by atoms with Gasteiger partial charge in [0.25, 0.3) is 0 Å². The number of carbonyl (C=O) groups excluding carboxylic acids is 1. The van der Waals surface area contributed by atoms with Gasteiger partial charge in [-0.1, -0.05) is 29.3 Å². The van der Waals surface area contributed by atoms with Crippen molar-refractivity contribution in [3.05, 3.63) is 33.8 Å². The standard InChI is InChI=1S/C15H20Cl2N2O/c16-13-4-3-12(8-14(13)17)9-15(20)19-7-5-11-2-1-6-18-10-11/h3-4,8,11,18H,1-2,5-7,9-10H2,(H,19,20). The molecule has 2 N–H and O–H groups in total. The first-order valence-electron chi connectivity index (χ1n) is 7.06. The minimum Gasteiger partial charge on any atom is -0.356 e. The van der Waals surface area contributed by atoms with Crippen LogP contribution in [0.25, 0.3) is 0 Å². The van der Waals surface area contributed by atoms with Gasteiger partial charge in [0.2, 0.25) is 5.91 Å². The lowest BCUT2D eigenvalue weighted by Gasteiger charge is -2.22. The van der Waals surface area contributed by atoms with Crippen molar-refractivity contribution >= 4 is 29.1 Å². The molecule has 1 atom stereocenters. The zero-order valence-corrected chi connectivity index (χ0v) is 12.9. The van der Waals surface area contributed by atoms with Gasteiger partial charge in [0.05, 0.1) is 16.5 Å². The zero-order chi connectivity index (χ0) is 14.4. The van der Waals surface area contributed by atoms with Crippen LogP contribution in [0.15, 0.2) is 18.2 Å². The highest BCUT2D eigenvalue weighted by Gasteiger charge is 2.13. The van der Waals surface area contributed by atoms with Crippen LogP contribution in [0.1, 0.15) is 24.8 Å². The number of nitrogens with one attached hydrogen (secondary N) is 2. The van der Waals surface area contributed by atoms with Crippen molar-refractivity contribution in [3.8, 4) is 0 Å². The molecule has 0 aromatic heterocycles. The predicted molar refractivity (Wildman–Crippen MR) is 83.4 cm³/mol. The van der Waals surface area contributed by atoms with Crippen LogP contribution in [0, 0.1) is 5.92 Å². The largest absolute Gasteiger partial charge is 0.356 e. The van der Waals surface area contributed by atoms with Gasteiger partial charge < -0.3 is 10.6 Å². The van der Waals surface area contributed by atoms with E-state index in [0.717, 1.165) is 31.6 Å². The van der Waals surface area contributed by atoms with E-state index < -0.39 is 0 Å². The van der Waals surface area contributed by atoms with E-state index in [4.69, 9.17) is 23.2 Å². The number of hydrogen-bond donors (Lipinski definition) is 2. The highest BCUT2D eigenvalue weighted by molar-refractivity contribution is 6.42. The second-order valence-electron chi connectivity index (χ2n) is 5.28. The van der Waals surface area contributed by atoms with Crippen LogP contribution in [0.5, 0.6) is 0 Å². The van der Waals surface area contributed by atoms with E-state index in [-0.39, 0.29) is 5.91 Å². The molecule has 0 bridgehead atoms. The number of rotatable bonds is 5. The van der Waals surface area contributed by atoms with Gasteiger partial charge in [-0.05, 0) is 56.0 Å². The van der Waals surface area contributed by atoms with Gasteiger partial charge >= 0.3 is 0 Å². The van der Waals surface area contributed by atoms with Crippen LogP contribution < -0.4 is 10.6 Å². The van der Waals surface area contributed by atoms with E-state index in [1.807, 2.05) is 6.07 Å². The van der Waals surface area contributed by atoms with Gasteiger partial charge in [0.1, 0.15) is 0 Å². The fourth-order valence-electron chi connectivity index (χ4n) is 2.48. The summed E-state index contributed by atoms with van der Waals surface area (Å²) in [6, 6.07) is 5.30. The first-order chi connectivity index (χ1) is 9.65. The molecule has 1 fully saturated rings. The zero-order valence-electron chi connectivity index (χ0n) is 11.4. The highest BCUT2D eigenvalue weighted by Crippen LogP contribution is 2.22. The van der Waals surface area contributed by atoms with Crippen molar-refractivity contribution in [2.24, 2.45) is 5.92 Å². The molecule has 5 heteroatoms. The van der Waals surface area contributed by atoms with Crippen molar-refractivity contribution in [2.75, 3.05) is 19.6 Å². The molecule has 1 amide bonds. The Morgan fingerprint density at radius 1 is 1.35 bits per heavy atom. The smallest absolute Gasteiger partial charge is 0.224 e. The quantitative estimate of drug-likeness (QED) is 0.877. The molecular formula is C15H20Cl2N2O. The average molecular weight is 315 g/mol. The number of hydrogen-bond acceptors (Lipinski definition) is 2. The number of benzene rings is 1. The van der Waals surface area contributed by atoms with Crippen LogP contribution in [-0.4, -0.2) is 25.5 Å². The lowest BCUT2D eigenvalue weighted by Crippen LogP contribution is -2.33. The first kappa shape index (κ1) is 15.6. The maximum Gasteiger partial charge on any atom is 0.224 e. The molecule has 1 aliphatic heterocycles. The molecule has 1 saturated heterocycles. The molecule has 1 aliphatic rings. The number of piperidine rings is 1. The Bertz CT molecular complexity index is 459. The molecular weight excluding hydrogens is 295 g/mol. The molecule has 20 heavy (non-hydrogen) atoms. The monoisotopic (exact) mass is 314 g/mol. The fraction of sp³-hybridized carbons (Fsp3) is 0.533. The Labute approximate surface area is 130 Å². The minimum atomic E-state index is 0.0344. The normalized spacial score (nSPS) is 18.8. The van der Waals surface area contributed by atoms with E-state index >= 15 is 0 Å². The third kappa shape index (κ3) is 4.97. The maximum absolute atomic E-state index is 11.8. The van der Waals surface area contributed by atoms with Gasteiger partial charge in [0, 0.05) is 6.54 Å². The SMILES string of the molecule is O=C(Cc1ccc(Cl)c(Cl)c1)NCCC1CCCNC1. The van der Waals surface area contributed by atoms with Crippen molar-refractivity contribution < 1.29 is 4.79 Å². The van der Waals surface area contributed by atoms with Crippen LogP contribution in [0.3, 0.4) is 0 Å². The summed E-state index contributed by atoms with van der Waals surface area (Å²) in [5.41, 5.74) is 0.885. The van der Waals surface area contributed by atoms with E-state index in [0.29, 0.717) is 22.4 Å². The lowest BCUT2D eigenvalue weighted by atomic mass is 9.96. The number of carbonyl (C=O) groups is 1. The summed E-state index contributed by atoms with van der Waals surface area (Å²) in [5, 5.41) is 7.36. The molecule has 1 aromatic rings. The molecule has 1 unspecified atom stereocenters. The van der Waals surface area contributed by atoms with Crippen LogP contribution in [-0.2, 0) is 11.2 Å². The molecule has 1 aromatic carbocycles. The summed E-state index contributed by atoms with van der Waals surface area (Å²) < 4.78 is 0. The Balaban J connectivity index is 1.70. The van der Waals surface area contributed by atoms with Crippen molar-refractivity contribution in [2.45, 2.75) is 25.7 Å². The Kier molecular flexibility index (Phi) is 6.14. The second-order valence-corrected chi connectivity index (χ2v) is 6.09. The van der Waals surface area contributed by atoms with E-state index in [9.17, 15) is 4.79 Å². The summed E-state index contributed by atoms with van der Waals surface area (Å²) in [5.74, 6) is 0.723. The van der Waals surface area contributed by atoms with Crippen molar-refractivity contribution in [3.63, 3.8) is 0 Å². The highest BCUT2D eigenvalue weighted by atomic mass is 35.5. The van der Waals surface area contributed by atoms with Gasteiger partial charge in [-0.3, -0.25) is 4.79 Å². The van der Waals surface area contributed by atoms with Gasteiger partial charge in [0.15, 0.2) is 0 Å². The Hall–Kier alpha value is -0.770. The Morgan fingerprint density at radius 3 is 2.90 bits per heavy atom. The van der Waals surface area contributed by atoms with Crippen molar-refractivity contribution in [1.82, 2.24) is 10.6 Å². The fourth-order valence-corrected chi connectivity index (χ4v) is 2.80. The van der Waals surface area contributed by atoms with E-state index in [1.165, 1.54) is 12.8 Å². The second kappa shape index (κ2) is 7.87. The minimum absolute atomic E-state index is 0.0344. The molecule has 0 radical (unpaired) electrons. The summed E-state index contributed by atoms with van der Waals surface area (Å²) in [6.07, 6.45) is 3.89.